The number of benzene rings is 1. The van der Waals surface area contributed by atoms with Crippen LogP contribution in [-0.4, -0.2) is 76.4 Å². The molecule has 1 N–H and O–H groups in total. The molecule has 32 heavy (non-hydrogen) atoms. The van der Waals surface area contributed by atoms with Gasteiger partial charge in [-0.25, -0.2) is 14.2 Å². The van der Waals surface area contributed by atoms with Gasteiger partial charge in [-0.05, 0) is 51.7 Å². The highest BCUT2D eigenvalue weighted by Crippen LogP contribution is 2.29. The molecule has 0 aliphatic carbocycles. The van der Waals surface area contributed by atoms with E-state index in [1.54, 1.807) is 29.6 Å². The lowest BCUT2D eigenvalue weighted by atomic mass is 9.99. The van der Waals surface area contributed by atoms with Crippen molar-refractivity contribution in [2.45, 2.75) is 45.5 Å². The van der Waals surface area contributed by atoms with E-state index in [9.17, 15) is 14.0 Å². The maximum Gasteiger partial charge on any atom is 0.322 e. The first-order valence-corrected chi connectivity index (χ1v) is 10.7. The molecule has 3 heterocycles. The number of carbonyl (C=O) groups excluding carboxylic acids is 2. The molecule has 0 saturated carbocycles. The topological polar surface area (TPSA) is 82.9 Å². The lowest BCUT2D eigenvalue weighted by Gasteiger charge is -2.33. The third kappa shape index (κ3) is 4.20. The molecule has 0 radical (unpaired) electrons. The summed E-state index contributed by atoms with van der Waals surface area (Å²) in [7, 11) is 5.50. The van der Waals surface area contributed by atoms with E-state index < -0.39 is 0 Å². The first-order valence-electron chi connectivity index (χ1n) is 10.7. The predicted molar refractivity (Wildman–Crippen MR) is 117 cm³/mol. The molecular formula is C22H29FN6O3. The SMILES string of the molecule is Cc1cc(NC(=O)N2Cc3c(nn4c3C(=O)N(C)OC(CN(C)C)C4)CC2C)ccc1F. The molecule has 3 amide bonds. The fourth-order valence-corrected chi connectivity index (χ4v) is 4.30. The smallest absolute Gasteiger partial charge is 0.317 e. The summed E-state index contributed by atoms with van der Waals surface area (Å²) in [4.78, 5) is 35.6. The minimum atomic E-state index is -0.320. The van der Waals surface area contributed by atoms with Gasteiger partial charge in [0.25, 0.3) is 5.91 Å². The van der Waals surface area contributed by atoms with Crippen LogP contribution in [0.3, 0.4) is 0 Å². The number of amides is 3. The second-order valence-corrected chi connectivity index (χ2v) is 8.82. The highest BCUT2D eigenvalue weighted by molar-refractivity contribution is 5.94. The summed E-state index contributed by atoms with van der Waals surface area (Å²) in [6.45, 7) is 4.96. The third-order valence-corrected chi connectivity index (χ3v) is 5.89. The Morgan fingerprint density at radius 3 is 2.81 bits per heavy atom. The number of aryl methyl sites for hydroxylation is 1. The lowest BCUT2D eigenvalue weighted by Crippen LogP contribution is -2.45. The highest BCUT2D eigenvalue weighted by Gasteiger charge is 2.37. The molecule has 10 heteroatoms. The van der Waals surface area contributed by atoms with Crippen molar-refractivity contribution >= 4 is 17.6 Å². The van der Waals surface area contributed by atoms with Crippen molar-refractivity contribution in [3.63, 3.8) is 0 Å². The van der Waals surface area contributed by atoms with Gasteiger partial charge in [0.2, 0.25) is 0 Å². The third-order valence-electron chi connectivity index (χ3n) is 5.89. The fraction of sp³-hybridized carbons (Fsp3) is 0.500. The molecule has 2 atom stereocenters. The van der Waals surface area contributed by atoms with Crippen molar-refractivity contribution < 1.29 is 18.8 Å². The molecule has 2 aromatic rings. The molecule has 0 fully saturated rings. The monoisotopic (exact) mass is 444 g/mol. The quantitative estimate of drug-likeness (QED) is 0.785. The summed E-state index contributed by atoms with van der Waals surface area (Å²) in [5.74, 6) is -0.594. The van der Waals surface area contributed by atoms with Crippen molar-refractivity contribution in [3.05, 3.63) is 46.5 Å². The Bertz CT molecular complexity index is 1050. The molecule has 2 unspecified atom stereocenters. The van der Waals surface area contributed by atoms with E-state index in [2.05, 4.69) is 5.32 Å². The normalized spacial score (nSPS) is 20.8. The van der Waals surface area contributed by atoms with Crippen molar-refractivity contribution in [1.82, 2.24) is 24.6 Å². The van der Waals surface area contributed by atoms with Crippen LogP contribution in [0.1, 0.15) is 34.2 Å². The Kier molecular flexibility index (Phi) is 5.91. The zero-order chi connectivity index (χ0) is 23.2. The number of likely N-dealkylation sites (N-methyl/N-ethyl adjacent to an activating group) is 1. The van der Waals surface area contributed by atoms with Crippen LogP contribution in [0.5, 0.6) is 0 Å². The Morgan fingerprint density at radius 2 is 2.12 bits per heavy atom. The molecule has 1 aromatic carbocycles. The van der Waals surface area contributed by atoms with Gasteiger partial charge in [0.05, 0.1) is 18.8 Å². The molecular weight excluding hydrogens is 415 g/mol. The summed E-state index contributed by atoms with van der Waals surface area (Å²) in [6, 6.07) is 4.06. The van der Waals surface area contributed by atoms with Crippen molar-refractivity contribution in [3.8, 4) is 0 Å². The van der Waals surface area contributed by atoms with Gasteiger partial charge in [-0.15, -0.1) is 0 Å². The zero-order valence-electron chi connectivity index (χ0n) is 19.1. The number of halogens is 1. The largest absolute Gasteiger partial charge is 0.322 e. The second-order valence-electron chi connectivity index (χ2n) is 8.82. The summed E-state index contributed by atoms with van der Waals surface area (Å²) in [6.07, 6.45) is 0.321. The average Bonchev–Trinajstić information content (AvgIpc) is 2.99. The number of rotatable bonds is 3. The van der Waals surface area contributed by atoms with Gasteiger partial charge in [-0.1, -0.05) is 0 Å². The summed E-state index contributed by atoms with van der Waals surface area (Å²) in [5.41, 5.74) is 3.03. The highest BCUT2D eigenvalue weighted by atomic mass is 19.1. The molecule has 4 rings (SSSR count). The molecule has 0 bridgehead atoms. The zero-order valence-corrected chi connectivity index (χ0v) is 19.1. The number of fused-ring (bicyclic) bond motifs is 3. The van der Waals surface area contributed by atoms with E-state index in [1.165, 1.54) is 17.2 Å². The number of carbonyl (C=O) groups is 2. The summed E-state index contributed by atoms with van der Waals surface area (Å²) < 4.78 is 15.3. The first-order chi connectivity index (χ1) is 15.1. The van der Waals surface area contributed by atoms with Crippen LogP contribution in [0.2, 0.25) is 0 Å². The second kappa shape index (κ2) is 8.51. The van der Waals surface area contributed by atoms with E-state index in [0.717, 1.165) is 11.3 Å². The van der Waals surface area contributed by atoms with Gasteiger partial charge >= 0.3 is 6.03 Å². The predicted octanol–water partition coefficient (Wildman–Crippen LogP) is 2.26. The van der Waals surface area contributed by atoms with E-state index >= 15 is 0 Å². The van der Waals surface area contributed by atoms with Crippen LogP contribution >= 0.6 is 0 Å². The van der Waals surface area contributed by atoms with Crippen LogP contribution in [-0.2, 0) is 24.3 Å². The first kappa shape index (κ1) is 22.2. The van der Waals surface area contributed by atoms with Gasteiger partial charge in [0, 0.05) is 37.3 Å². The minimum Gasteiger partial charge on any atom is -0.317 e. The number of aromatic nitrogens is 2. The van der Waals surface area contributed by atoms with Crippen molar-refractivity contribution in [2.75, 3.05) is 33.0 Å². The molecule has 9 nitrogen and oxygen atoms in total. The van der Waals surface area contributed by atoms with E-state index in [-0.39, 0.29) is 36.4 Å². The number of nitrogens with one attached hydrogen (secondary N) is 1. The van der Waals surface area contributed by atoms with E-state index in [1.807, 2.05) is 25.9 Å². The van der Waals surface area contributed by atoms with Crippen LogP contribution in [0.15, 0.2) is 18.2 Å². The van der Waals surface area contributed by atoms with Crippen molar-refractivity contribution in [2.24, 2.45) is 0 Å². The Balaban J connectivity index is 1.60. The molecule has 1 aromatic heterocycles. The Hall–Kier alpha value is -2.98. The summed E-state index contributed by atoms with van der Waals surface area (Å²) in [5, 5.41) is 8.82. The van der Waals surface area contributed by atoms with E-state index in [4.69, 9.17) is 9.94 Å². The number of hydroxylamine groups is 2. The van der Waals surface area contributed by atoms with Crippen LogP contribution in [0, 0.1) is 12.7 Å². The number of hydrogen-bond acceptors (Lipinski definition) is 5. The molecule has 172 valence electrons. The standard InChI is InChI=1S/C22H29FN6O3/c1-13-8-15(6-7-18(13)23)24-22(31)28-12-17-19(9-14(28)2)25-29-11-16(10-26(3)4)32-27(5)21(30)20(17)29/h6-8,14,16H,9-12H2,1-5H3,(H,24,31). The van der Waals surface area contributed by atoms with Gasteiger partial charge < -0.3 is 15.1 Å². The Morgan fingerprint density at radius 1 is 1.38 bits per heavy atom. The van der Waals surface area contributed by atoms with E-state index in [0.29, 0.717) is 36.5 Å². The van der Waals surface area contributed by atoms with Gasteiger partial charge in [-0.3, -0.25) is 14.3 Å². The number of anilines is 1. The van der Waals surface area contributed by atoms with Gasteiger partial charge in [0.1, 0.15) is 17.6 Å². The molecule has 2 aliphatic heterocycles. The Labute approximate surface area is 186 Å². The minimum absolute atomic E-state index is 0.107. The van der Waals surface area contributed by atoms with Crippen LogP contribution in [0.25, 0.3) is 0 Å². The molecule has 0 spiro atoms. The lowest BCUT2D eigenvalue weighted by molar-refractivity contribution is -0.152. The molecule has 2 aliphatic rings. The van der Waals surface area contributed by atoms with Gasteiger partial charge in [0.15, 0.2) is 0 Å². The maximum absolute atomic E-state index is 13.6. The number of hydrogen-bond donors (Lipinski definition) is 1. The number of urea groups is 1. The fourth-order valence-electron chi connectivity index (χ4n) is 4.30. The average molecular weight is 445 g/mol. The molecule has 0 saturated heterocycles. The maximum atomic E-state index is 13.6. The summed E-state index contributed by atoms with van der Waals surface area (Å²) >= 11 is 0. The van der Waals surface area contributed by atoms with Crippen LogP contribution in [0.4, 0.5) is 14.9 Å². The number of nitrogens with zero attached hydrogens (tertiary/aromatic N) is 5. The van der Waals surface area contributed by atoms with Crippen LogP contribution < -0.4 is 5.32 Å². The van der Waals surface area contributed by atoms with Gasteiger partial charge in [-0.2, -0.15) is 5.10 Å². The van der Waals surface area contributed by atoms with Crippen molar-refractivity contribution in [1.29, 1.82) is 0 Å².